The number of benzene rings is 3. The van der Waals surface area contributed by atoms with E-state index in [1.807, 2.05) is 24.5 Å². The maximum atomic E-state index is 5.38. The quantitative estimate of drug-likeness (QED) is 0.336. The van der Waals surface area contributed by atoms with Gasteiger partial charge in [0.05, 0.1) is 29.3 Å². The zero-order chi connectivity index (χ0) is 22.2. The van der Waals surface area contributed by atoms with Gasteiger partial charge in [-0.25, -0.2) is 9.97 Å². The molecule has 164 valence electrons. The number of hydrogen-bond acceptors (Lipinski definition) is 4. The Morgan fingerprint density at radius 1 is 0.818 bits per heavy atom. The third-order valence-corrected chi connectivity index (χ3v) is 6.58. The van der Waals surface area contributed by atoms with Crippen molar-refractivity contribution in [1.29, 1.82) is 0 Å². The Morgan fingerprint density at radius 3 is 2.55 bits per heavy atom. The van der Waals surface area contributed by atoms with Crippen LogP contribution in [0.1, 0.15) is 19.3 Å². The number of anilines is 1. The number of piperidine rings is 1. The minimum atomic E-state index is 0.850. The number of ether oxygens (including phenoxy) is 1. The average Bonchev–Trinajstić information content (AvgIpc) is 3.32. The van der Waals surface area contributed by atoms with Crippen LogP contribution >= 0.6 is 0 Å². The van der Waals surface area contributed by atoms with Gasteiger partial charge in [-0.1, -0.05) is 30.3 Å². The van der Waals surface area contributed by atoms with Gasteiger partial charge in [-0.05, 0) is 72.9 Å². The molecule has 3 heterocycles. The zero-order valence-electron chi connectivity index (χ0n) is 18.7. The van der Waals surface area contributed by atoms with E-state index >= 15 is 0 Å². The molecule has 0 unspecified atom stereocenters. The smallest absolute Gasteiger partial charge is 0.139 e. The van der Waals surface area contributed by atoms with Crippen molar-refractivity contribution in [2.45, 2.75) is 19.3 Å². The lowest BCUT2D eigenvalue weighted by molar-refractivity contribution is 0.415. The van der Waals surface area contributed by atoms with Crippen LogP contribution in [0.15, 0.2) is 79.1 Å². The monoisotopic (exact) mass is 434 g/mol. The summed E-state index contributed by atoms with van der Waals surface area (Å²) in [6.45, 7) is 2.21. The van der Waals surface area contributed by atoms with Gasteiger partial charge in [-0.15, -0.1) is 0 Å². The highest BCUT2D eigenvalue weighted by Crippen LogP contribution is 2.31. The molecule has 2 aromatic heterocycles. The summed E-state index contributed by atoms with van der Waals surface area (Å²) < 4.78 is 7.46. The van der Waals surface area contributed by atoms with Gasteiger partial charge in [-0.3, -0.25) is 4.57 Å². The lowest BCUT2D eigenvalue weighted by atomic mass is 10.0. The Balaban J connectivity index is 1.42. The van der Waals surface area contributed by atoms with Crippen molar-refractivity contribution >= 4 is 27.6 Å². The van der Waals surface area contributed by atoms with Crippen LogP contribution in [-0.4, -0.2) is 34.7 Å². The van der Waals surface area contributed by atoms with Crippen molar-refractivity contribution in [3.8, 4) is 22.7 Å². The fourth-order valence-electron chi connectivity index (χ4n) is 4.82. The second-order valence-electron chi connectivity index (χ2n) is 8.62. The Morgan fingerprint density at radius 2 is 1.67 bits per heavy atom. The molecule has 1 aliphatic heterocycles. The molecule has 1 saturated heterocycles. The first kappa shape index (κ1) is 19.8. The number of methoxy groups -OCH3 is 1. The highest BCUT2D eigenvalue weighted by atomic mass is 16.5. The van der Waals surface area contributed by atoms with E-state index in [9.17, 15) is 0 Å². The van der Waals surface area contributed by atoms with Gasteiger partial charge in [0, 0.05) is 18.5 Å². The molecule has 0 aliphatic carbocycles. The van der Waals surface area contributed by atoms with Gasteiger partial charge < -0.3 is 9.64 Å². The summed E-state index contributed by atoms with van der Waals surface area (Å²) in [5, 5.41) is 1.17. The summed E-state index contributed by atoms with van der Waals surface area (Å²) in [6, 6.07) is 25.2. The average molecular weight is 435 g/mol. The Kier molecular flexibility index (Phi) is 4.95. The van der Waals surface area contributed by atoms with E-state index < -0.39 is 0 Å². The first-order valence-electron chi connectivity index (χ1n) is 11.6. The number of imidazole rings is 1. The number of rotatable bonds is 4. The molecule has 0 bridgehead atoms. The zero-order valence-corrected chi connectivity index (χ0v) is 18.7. The number of hydrogen-bond donors (Lipinski definition) is 0. The van der Waals surface area contributed by atoms with E-state index in [4.69, 9.17) is 14.7 Å². The summed E-state index contributed by atoms with van der Waals surface area (Å²) in [5.74, 6) is 1.74. The highest BCUT2D eigenvalue weighted by molar-refractivity contribution is 5.92. The van der Waals surface area contributed by atoms with Gasteiger partial charge in [-0.2, -0.15) is 0 Å². The first-order chi connectivity index (χ1) is 16.3. The minimum Gasteiger partial charge on any atom is -0.497 e. The standard InChI is InChI=1S/C28H26N4O/c1-33-23-9-5-8-21(17-23)22-11-13-25-24(18-22)29-19-32(25)27-14-12-20-7-6-10-26(28(20)30-27)31-15-3-2-4-16-31/h5-14,17-19H,2-4,15-16H2,1H3. The third kappa shape index (κ3) is 3.59. The van der Waals surface area contributed by atoms with Crippen LogP contribution < -0.4 is 9.64 Å². The molecule has 3 aromatic carbocycles. The van der Waals surface area contributed by atoms with Gasteiger partial charge in [0.1, 0.15) is 17.9 Å². The van der Waals surface area contributed by atoms with Gasteiger partial charge in [0.15, 0.2) is 0 Å². The van der Waals surface area contributed by atoms with Crippen molar-refractivity contribution < 1.29 is 4.74 Å². The molecule has 33 heavy (non-hydrogen) atoms. The Hall–Kier alpha value is -3.86. The lowest BCUT2D eigenvalue weighted by Gasteiger charge is -2.29. The second kappa shape index (κ2) is 8.24. The summed E-state index contributed by atoms with van der Waals surface area (Å²) >= 11 is 0. The van der Waals surface area contributed by atoms with E-state index in [0.29, 0.717) is 0 Å². The van der Waals surface area contributed by atoms with Crippen LogP contribution in [0.5, 0.6) is 5.75 Å². The van der Waals surface area contributed by atoms with Crippen LogP contribution in [0.3, 0.4) is 0 Å². The van der Waals surface area contributed by atoms with Crippen LogP contribution in [0.25, 0.3) is 38.9 Å². The predicted molar refractivity (Wildman–Crippen MR) is 134 cm³/mol. The topological polar surface area (TPSA) is 43.2 Å². The van der Waals surface area contributed by atoms with E-state index in [1.54, 1.807) is 7.11 Å². The van der Waals surface area contributed by atoms with Crippen molar-refractivity contribution in [1.82, 2.24) is 14.5 Å². The molecular weight excluding hydrogens is 408 g/mol. The predicted octanol–water partition coefficient (Wildman–Crippen LogP) is 6.24. The number of aromatic nitrogens is 3. The van der Waals surface area contributed by atoms with Crippen LogP contribution in [0.2, 0.25) is 0 Å². The molecule has 0 spiro atoms. The molecule has 0 atom stereocenters. The molecule has 5 heteroatoms. The normalized spacial score (nSPS) is 14.2. The molecular formula is C28H26N4O. The molecule has 0 amide bonds. The Bertz CT molecular complexity index is 1450. The number of nitrogens with zero attached hydrogens (tertiary/aromatic N) is 4. The van der Waals surface area contributed by atoms with E-state index in [-0.39, 0.29) is 0 Å². The number of para-hydroxylation sites is 1. The summed E-state index contributed by atoms with van der Waals surface area (Å²) in [7, 11) is 1.69. The highest BCUT2D eigenvalue weighted by Gasteiger charge is 2.15. The largest absolute Gasteiger partial charge is 0.497 e. The maximum Gasteiger partial charge on any atom is 0.139 e. The van der Waals surface area contributed by atoms with E-state index in [2.05, 4.69) is 64.1 Å². The summed E-state index contributed by atoms with van der Waals surface area (Å²) in [5.41, 5.74) is 6.52. The van der Waals surface area contributed by atoms with Crippen molar-refractivity contribution in [3.05, 3.63) is 79.1 Å². The molecule has 0 saturated carbocycles. The lowest BCUT2D eigenvalue weighted by Crippen LogP contribution is -2.29. The number of pyridine rings is 1. The van der Waals surface area contributed by atoms with Gasteiger partial charge >= 0.3 is 0 Å². The fourth-order valence-corrected chi connectivity index (χ4v) is 4.82. The molecule has 0 N–H and O–H groups in total. The SMILES string of the molecule is COc1cccc(-c2ccc3c(c2)ncn3-c2ccc3cccc(N4CCCCC4)c3n2)c1. The summed E-state index contributed by atoms with van der Waals surface area (Å²) in [4.78, 5) is 12.3. The molecule has 5 aromatic rings. The van der Waals surface area contributed by atoms with E-state index in [0.717, 1.165) is 52.3 Å². The van der Waals surface area contributed by atoms with Crippen molar-refractivity contribution in [3.63, 3.8) is 0 Å². The molecule has 5 nitrogen and oxygen atoms in total. The van der Waals surface area contributed by atoms with Gasteiger partial charge in [0.25, 0.3) is 0 Å². The molecule has 1 fully saturated rings. The summed E-state index contributed by atoms with van der Waals surface area (Å²) in [6.07, 6.45) is 5.69. The second-order valence-corrected chi connectivity index (χ2v) is 8.62. The number of fused-ring (bicyclic) bond motifs is 2. The molecule has 6 rings (SSSR count). The van der Waals surface area contributed by atoms with Crippen LogP contribution in [-0.2, 0) is 0 Å². The Labute approximate surface area is 193 Å². The third-order valence-electron chi connectivity index (χ3n) is 6.58. The van der Waals surface area contributed by atoms with Crippen molar-refractivity contribution in [2.75, 3.05) is 25.1 Å². The van der Waals surface area contributed by atoms with Crippen LogP contribution in [0, 0.1) is 0 Å². The minimum absolute atomic E-state index is 0.850. The van der Waals surface area contributed by atoms with E-state index in [1.165, 1.54) is 30.3 Å². The maximum absolute atomic E-state index is 5.38. The van der Waals surface area contributed by atoms with Gasteiger partial charge in [0.2, 0.25) is 0 Å². The first-order valence-corrected chi connectivity index (χ1v) is 11.6. The molecule has 0 radical (unpaired) electrons. The fraction of sp³-hybridized carbons (Fsp3) is 0.214. The molecule has 1 aliphatic rings. The van der Waals surface area contributed by atoms with Crippen molar-refractivity contribution in [2.24, 2.45) is 0 Å². The van der Waals surface area contributed by atoms with Crippen LogP contribution in [0.4, 0.5) is 5.69 Å².